The SMILES string of the molecule is O=C(N1CC(S(=O)(=O)c2ccc(F)cc2)C1)C1(c2ccccc2)CCOCC1. The smallest absolute Gasteiger partial charge is 0.233 e. The molecule has 2 heterocycles. The molecule has 0 spiro atoms. The van der Waals surface area contributed by atoms with Gasteiger partial charge in [-0.05, 0) is 42.7 Å². The quantitative estimate of drug-likeness (QED) is 0.736. The fourth-order valence-corrected chi connectivity index (χ4v) is 5.68. The van der Waals surface area contributed by atoms with Crippen molar-refractivity contribution in [2.75, 3.05) is 26.3 Å². The minimum Gasteiger partial charge on any atom is -0.381 e. The summed E-state index contributed by atoms with van der Waals surface area (Å²) in [6, 6.07) is 14.5. The maximum atomic E-state index is 13.4. The van der Waals surface area contributed by atoms with Gasteiger partial charge in [0.2, 0.25) is 5.91 Å². The van der Waals surface area contributed by atoms with Gasteiger partial charge in [0.15, 0.2) is 9.84 Å². The maximum absolute atomic E-state index is 13.4. The van der Waals surface area contributed by atoms with Crippen molar-refractivity contribution in [1.29, 1.82) is 0 Å². The van der Waals surface area contributed by atoms with E-state index in [1.54, 1.807) is 4.90 Å². The molecule has 5 nitrogen and oxygen atoms in total. The largest absolute Gasteiger partial charge is 0.381 e. The Kier molecular flexibility index (Phi) is 4.97. The van der Waals surface area contributed by atoms with Crippen molar-refractivity contribution in [3.63, 3.8) is 0 Å². The summed E-state index contributed by atoms with van der Waals surface area (Å²) in [7, 11) is -3.59. The number of benzene rings is 2. The summed E-state index contributed by atoms with van der Waals surface area (Å²) in [6.07, 6.45) is 1.17. The molecule has 28 heavy (non-hydrogen) atoms. The number of hydrogen-bond donors (Lipinski definition) is 0. The van der Waals surface area contributed by atoms with E-state index in [9.17, 15) is 17.6 Å². The van der Waals surface area contributed by atoms with Gasteiger partial charge in [-0.1, -0.05) is 30.3 Å². The highest BCUT2D eigenvalue weighted by atomic mass is 32.2. The van der Waals surface area contributed by atoms with Gasteiger partial charge in [0.25, 0.3) is 0 Å². The molecule has 2 aromatic carbocycles. The monoisotopic (exact) mass is 403 g/mol. The Balaban J connectivity index is 1.53. The Hall–Kier alpha value is -2.25. The van der Waals surface area contributed by atoms with Crippen LogP contribution in [0.1, 0.15) is 18.4 Å². The van der Waals surface area contributed by atoms with Gasteiger partial charge in [0.05, 0.1) is 10.3 Å². The third-order valence-electron chi connectivity index (χ3n) is 5.80. The van der Waals surface area contributed by atoms with Gasteiger partial charge in [-0.3, -0.25) is 4.79 Å². The highest BCUT2D eigenvalue weighted by molar-refractivity contribution is 7.92. The van der Waals surface area contributed by atoms with Crippen LogP contribution in [0.25, 0.3) is 0 Å². The van der Waals surface area contributed by atoms with Gasteiger partial charge in [-0.2, -0.15) is 0 Å². The minimum atomic E-state index is -3.59. The zero-order chi connectivity index (χ0) is 19.8. The molecule has 0 N–H and O–H groups in total. The van der Waals surface area contributed by atoms with Crippen molar-refractivity contribution in [3.8, 4) is 0 Å². The molecule has 0 unspecified atom stereocenters. The number of rotatable bonds is 4. The molecule has 0 radical (unpaired) electrons. The number of sulfone groups is 1. The second-order valence-electron chi connectivity index (χ2n) is 7.39. The summed E-state index contributed by atoms with van der Waals surface area (Å²) >= 11 is 0. The Morgan fingerprint density at radius 3 is 2.21 bits per heavy atom. The number of hydrogen-bond acceptors (Lipinski definition) is 4. The highest BCUT2D eigenvalue weighted by Gasteiger charge is 2.49. The van der Waals surface area contributed by atoms with Crippen molar-refractivity contribution < 1.29 is 22.3 Å². The number of likely N-dealkylation sites (tertiary alicyclic amines) is 1. The average molecular weight is 403 g/mol. The number of halogens is 1. The summed E-state index contributed by atoms with van der Waals surface area (Å²) < 4.78 is 44.0. The fraction of sp³-hybridized carbons (Fsp3) is 0.381. The minimum absolute atomic E-state index is 0.0347. The maximum Gasteiger partial charge on any atom is 0.233 e. The number of ether oxygens (including phenoxy) is 1. The molecule has 0 saturated carbocycles. The Morgan fingerprint density at radius 2 is 1.61 bits per heavy atom. The van der Waals surface area contributed by atoms with Crippen LogP contribution < -0.4 is 0 Å². The van der Waals surface area contributed by atoms with Gasteiger partial charge in [0, 0.05) is 26.3 Å². The molecular weight excluding hydrogens is 381 g/mol. The molecule has 0 bridgehead atoms. The van der Waals surface area contributed by atoms with E-state index in [2.05, 4.69) is 0 Å². The zero-order valence-electron chi connectivity index (χ0n) is 15.4. The van der Waals surface area contributed by atoms with Crippen LogP contribution in [0.4, 0.5) is 4.39 Å². The molecule has 1 amide bonds. The Labute approximate surface area is 164 Å². The van der Waals surface area contributed by atoms with E-state index in [0.29, 0.717) is 26.1 Å². The van der Waals surface area contributed by atoms with Gasteiger partial charge in [-0.15, -0.1) is 0 Å². The summed E-state index contributed by atoms with van der Waals surface area (Å²) in [5.74, 6) is -0.513. The topological polar surface area (TPSA) is 63.7 Å². The molecule has 0 aromatic heterocycles. The fourth-order valence-electron chi connectivity index (χ4n) is 4.02. The van der Waals surface area contributed by atoms with Crippen LogP contribution >= 0.6 is 0 Å². The average Bonchev–Trinajstić information content (AvgIpc) is 2.68. The van der Waals surface area contributed by atoms with Crippen molar-refractivity contribution >= 4 is 15.7 Å². The molecule has 0 atom stereocenters. The number of nitrogens with zero attached hydrogens (tertiary/aromatic N) is 1. The van der Waals surface area contributed by atoms with Crippen LogP contribution in [0.15, 0.2) is 59.5 Å². The molecule has 2 aliphatic rings. The summed E-state index contributed by atoms with van der Waals surface area (Å²) in [6.45, 7) is 1.33. The molecule has 4 rings (SSSR count). The first-order valence-electron chi connectivity index (χ1n) is 9.36. The first-order chi connectivity index (χ1) is 13.4. The summed E-state index contributed by atoms with van der Waals surface area (Å²) in [5.41, 5.74) is 0.289. The molecule has 7 heteroatoms. The van der Waals surface area contributed by atoms with Gasteiger partial charge in [-0.25, -0.2) is 12.8 Å². The molecule has 0 aliphatic carbocycles. The lowest BCUT2D eigenvalue weighted by atomic mass is 9.72. The van der Waals surface area contributed by atoms with Gasteiger partial charge >= 0.3 is 0 Å². The van der Waals surface area contributed by atoms with Crippen LogP contribution in [-0.2, 0) is 24.8 Å². The number of amides is 1. The van der Waals surface area contributed by atoms with Crippen LogP contribution in [0.5, 0.6) is 0 Å². The number of carbonyl (C=O) groups is 1. The molecule has 2 aliphatic heterocycles. The highest BCUT2D eigenvalue weighted by Crippen LogP contribution is 2.38. The Morgan fingerprint density at radius 1 is 1.00 bits per heavy atom. The van der Waals surface area contributed by atoms with E-state index in [-0.39, 0.29) is 23.9 Å². The lowest BCUT2D eigenvalue weighted by molar-refractivity contribution is -0.144. The van der Waals surface area contributed by atoms with E-state index in [4.69, 9.17) is 4.74 Å². The van der Waals surface area contributed by atoms with E-state index in [0.717, 1.165) is 17.7 Å². The first-order valence-corrected chi connectivity index (χ1v) is 10.9. The van der Waals surface area contributed by atoms with E-state index >= 15 is 0 Å². The standard InChI is InChI=1S/C21H22FNO4S/c22-17-6-8-18(9-7-17)28(25,26)19-14-23(15-19)20(24)21(10-12-27-13-11-21)16-4-2-1-3-5-16/h1-9,19H,10-15H2. The molecule has 2 aromatic rings. The van der Waals surface area contributed by atoms with Crippen molar-refractivity contribution in [1.82, 2.24) is 4.90 Å². The second kappa shape index (κ2) is 7.29. The molecular formula is C21H22FNO4S. The molecule has 2 fully saturated rings. The first kappa shape index (κ1) is 19.1. The molecule has 148 valence electrons. The predicted octanol–water partition coefficient (Wildman–Crippen LogP) is 2.56. The van der Waals surface area contributed by atoms with Crippen LogP contribution in [0, 0.1) is 5.82 Å². The van der Waals surface area contributed by atoms with Crippen molar-refractivity contribution in [3.05, 3.63) is 66.0 Å². The summed E-state index contributed by atoms with van der Waals surface area (Å²) in [4.78, 5) is 15.1. The Bertz CT molecular complexity index is 948. The van der Waals surface area contributed by atoms with E-state index in [1.807, 2.05) is 30.3 Å². The molecule has 2 saturated heterocycles. The normalized spacial score (nSPS) is 19.8. The predicted molar refractivity (Wildman–Crippen MR) is 102 cm³/mol. The van der Waals surface area contributed by atoms with Crippen LogP contribution in [0.2, 0.25) is 0 Å². The lowest BCUT2D eigenvalue weighted by Gasteiger charge is -2.46. The zero-order valence-corrected chi connectivity index (χ0v) is 16.2. The van der Waals surface area contributed by atoms with E-state index in [1.165, 1.54) is 12.1 Å². The van der Waals surface area contributed by atoms with Crippen molar-refractivity contribution in [2.24, 2.45) is 0 Å². The third-order valence-corrected chi connectivity index (χ3v) is 7.90. The van der Waals surface area contributed by atoms with Crippen molar-refractivity contribution in [2.45, 2.75) is 28.4 Å². The van der Waals surface area contributed by atoms with E-state index < -0.39 is 26.3 Å². The van der Waals surface area contributed by atoms with Gasteiger partial charge < -0.3 is 9.64 Å². The van der Waals surface area contributed by atoms with Gasteiger partial charge in [0.1, 0.15) is 11.1 Å². The summed E-state index contributed by atoms with van der Waals surface area (Å²) in [5, 5.41) is -0.658. The van der Waals surface area contributed by atoms with Crippen LogP contribution in [-0.4, -0.2) is 50.8 Å². The lowest BCUT2D eigenvalue weighted by Crippen LogP contribution is -2.62. The third kappa shape index (κ3) is 3.22. The second-order valence-corrected chi connectivity index (χ2v) is 9.62. The van der Waals surface area contributed by atoms with Crippen LogP contribution in [0.3, 0.4) is 0 Å². The number of carbonyl (C=O) groups excluding carboxylic acids is 1.